The molecule has 258 valence electrons. The molecule has 1 N–H and O–H groups in total. The molecule has 2 fully saturated rings. The number of rotatable bonds is 14. The quantitative estimate of drug-likeness (QED) is 0.160. The number of benzene rings is 3. The van der Waals surface area contributed by atoms with Gasteiger partial charge in [-0.25, -0.2) is 0 Å². The molecule has 1 unspecified atom stereocenters. The zero-order valence-corrected chi connectivity index (χ0v) is 29.1. The molecule has 3 aromatic rings. The maximum Gasteiger partial charge on any atom is 0.305 e. The van der Waals surface area contributed by atoms with Crippen LogP contribution in [0.2, 0.25) is 0 Å². The van der Waals surface area contributed by atoms with E-state index in [4.69, 9.17) is 4.74 Å². The first-order valence-corrected chi connectivity index (χ1v) is 17.9. The Balaban J connectivity index is 1.21. The zero-order chi connectivity index (χ0) is 33.9. The molecule has 0 bridgehead atoms. The monoisotopic (exact) mass is 654 g/mol. The van der Waals surface area contributed by atoms with Gasteiger partial charge in [0.15, 0.2) is 0 Å². The molecule has 2 saturated heterocycles. The summed E-state index contributed by atoms with van der Waals surface area (Å²) < 4.78 is 5.01. The lowest BCUT2D eigenvalue weighted by Crippen LogP contribution is -2.56. The van der Waals surface area contributed by atoms with Crippen LogP contribution in [0.15, 0.2) is 78.9 Å². The lowest BCUT2D eigenvalue weighted by Gasteiger charge is -2.47. The van der Waals surface area contributed by atoms with Crippen molar-refractivity contribution in [3.63, 3.8) is 0 Å². The van der Waals surface area contributed by atoms with E-state index in [2.05, 4.69) is 77.1 Å². The molecule has 0 saturated carbocycles. The minimum Gasteiger partial charge on any atom is -0.508 e. The fourth-order valence-corrected chi connectivity index (χ4v) is 7.28. The van der Waals surface area contributed by atoms with Crippen LogP contribution >= 0.6 is 0 Å². The van der Waals surface area contributed by atoms with E-state index in [1.54, 1.807) is 6.07 Å². The zero-order valence-electron chi connectivity index (χ0n) is 29.1. The fraction of sp³-hybridized carbons (Fsp3) is 0.500. The Labute approximate surface area is 287 Å². The van der Waals surface area contributed by atoms with Crippen molar-refractivity contribution in [1.82, 2.24) is 19.6 Å². The second-order valence-corrected chi connectivity index (χ2v) is 13.5. The van der Waals surface area contributed by atoms with Crippen LogP contribution in [0.25, 0.3) is 0 Å². The second-order valence-electron chi connectivity index (χ2n) is 13.5. The molecule has 3 atom stereocenters. The number of aromatic hydroxyl groups is 1. The van der Waals surface area contributed by atoms with Crippen molar-refractivity contribution >= 4 is 11.9 Å². The van der Waals surface area contributed by atoms with Gasteiger partial charge in [0.05, 0.1) is 12.6 Å². The van der Waals surface area contributed by atoms with Crippen molar-refractivity contribution in [3.05, 3.63) is 101 Å². The summed E-state index contributed by atoms with van der Waals surface area (Å²) in [7, 11) is 0. The Bertz CT molecular complexity index is 1460. The third-order valence-corrected chi connectivity index (χ3v) is 9.93. The molecule has 0 aromatic heterocycles. The third-order valence-electron chi connectivity index (χ3n) is 9.93. The van der Waals surface area contributed by atoms with Gasteiger partial charge in [-0.2, -0.15) is 0 Å². The lowest BCUT2D eigenvalue weighted by molar-refractivity contribution is -0.143. The predicted molar refractivity (Wildman–Crippen MR) is 191 cm³/mol. The van der Waals surface area contributed by atoms with Gasteiger partial charge in [-0.1, -0.05) is 67.4 Å². The summed E-state index contributed by atoms with van der Waals surface area (Å²) in [4.78, 5) is 34.9. The molecule has 0 radical (unpaired) electrons. The Morgan fingerprint density at radius 2 is 1.52 bits per heavy atom. The number of carbonyl (C=O) groups excluding carboxylic acids is 2. The van der Waals surface area contributed by atoms with E-state index in [-0.39, 0.29) is 29.7 Å². The van der Waals surface area contributed by atoms with Crippen LogP contribution in [-0.4, -0.2) is 101 Å². The number of ether oxygens (including phenoxy) is 1. The summed E-state index contributed by atoms with van der Waals surface area (Å²) in [5.41, 5.74) is 4.15. The van der Waals surface area contributed by atoms with E-state index in [1.165, 1.54) is 5.56 Å². The minimum absolute atomic E-state index is 0.0826. The van der Waals surface area contributed by atoms with Crippen LogP contribution in [0.4, 0.5) is 0 Å². The Kier molecular flexibility index (Phi) is 13.1. The number of nitrogens with zero attached hydrogens (tertiary/aromatic N) is 4. The highest BCUT2D eigenvalue weighted by Gasteiger charge is 2.35. The number of amides is 1. The summed E-state index contributed by atoms with van der Waals surface area (Å²) in [5, 5.41) is 10.5. The van der Waals surface area contributed by atoms with E-state index in [9.17, 15) is 14.7 Å². The minimum atomic E-state index is -0.0970. The highest BCUT2D eigenvalue weighted by Crippen LogP contribution is 2.35. The summed E-state index contributed by atoms with van der Waals surface area (Å²) >= 11 is 0. The summed E-state index contributed by atoms with van der Waals surface area (Å²) in [5.74, 6) is 0.238. The Hall–Kier alpha value is -3.72. The van der Waals surface area contributed by atoms with Gasteiger partial charge in [-0.05, 0) is 81.1 Å². The molecule has 2 aliphatic rings. The number of hydrogen-bond acceptors (Lipinski definition) is 7. The standard InChI is InChI=1S/C40H54N4O4/c1-4-48-38(46)20-10-5-6-11-21-41-22-24-42(25-23-41)40(47)36-18-12-16-34(26-36)39(35-17-13-19-37(45)27-35)44-29-31(2)43(28-32(44)3)30-33-14-8-7-9-15-33/h7-9,12-19,26-27,31-32,39,45H,4-6,10-11,20-25,28-30H2,1-3H3/t31-,32+,39?/m1/s1. The summed E-state index contributed by atoms with van der Waals surface area (Å²) in [6.07, 6.45) is 4.64. The van der Waals surface area contributed by atoms with E-state index in [1.807, 2.05) is 36.1 Å². The van der Waals surface area contributed by atoms with E-state index < -0.39 is 0 Å². The predicted octanol–water partition coefficient (Wildman–Crippen LogP) is 6.35. The molecular formula is C40H54N4O4. The van der Waals surface area contributed by atoms with Gasteiger partial charge >= 0.3 is 5.97 Å². The van der Waals surface area contributed by atoms with Crippen LogP contribution in [0.1, 0.15) is 86.0 Å². The maximum atomic E-state index is 13.8. The molecule has 48 heavy (non-hydrogen) atoms. The lowest BCUT2D eigenvalue weighted by atomic mass is 9.92. The van der Waals surface area contributed by atoms with Crippen molar-refractivity contribution in [2.75, 3.05) is 52.4 Å². The molecular weight excluding hydrogens is 600 g/mol. The molecule has 0 aliphatic carbocycles. The highest BCUT2D eigenvalue weighted by molar-refractivity contribution is 5.94. The van der Waals surface area contributed by atoms with Crippen LogP contribution in [0.3, 0.4) is 0 Å². The maximum absolute atomic E-state index is 13.8. The first-order chi connectivity index (χ1) is 23.3. The van der Waals surface area contributed by atoms with Crippen LogP contribution < -0.4 is 0 Å². The van der Waals surface area contributed by atoms with Crippen LogP contribution in [0.5, 0.6) is 5.75 Å². The average molecular weight is 655 g/mol. The molecule has 8 heteroatoms. The number of phenolic OH excluding ortho intramolecular Hbond substituents is 1. The van der Waals surface area contributed by atoms with Gasteiger partial charge < -0.3 is 14.7 Å². The van der Waals surface area contributed by atoms with Crippen LogP contribution in [-0.2, 0) is 16.1 Å². The Morgan fingerprint density at radius 1 is 0.812 bits per heavy atom. The van der Waals surface area contributed by atoms with Crippen LogP contribution in [0, 0.1) is 0 Å². The van der Waals surface area contributed by atoms with Crippen molar-refractivity contribution < 1.29 is 19.4 Å². The number of carbonyl (C=O) groups is 2. The number of unbranched alkanes of at least 4 members (excludes halogenated alkanes) is 3. The molecule has 5 rings (SSSR count). The van der Waals surface area contributed by atoms with E-state index in [0.29, 0.717) is 19.1 Å². The first kappa shape index (κ1) is 35.6. The summed E-state index contributed by atoms with van der Waals surface area (Å²) in [6.45, 7) is 13.8. The van der Waals surface area contributed by atoms with Crippen molar-refractivity contribution in [2.24, 2.45) is 0 Å². The number of phenols is 1. The SMILES string of the molecule is CCOC(=O)CCCCCCN1CCN(C(=O)c2cccc(C(c3cccc(O)c3)N3C[C@@H](C)N(Cc4ccccc4)C[C@@H]3C)c2)CC1. The number of esters is 1. The van der Waals surface area contributed by atoms with Gasteiger partial charge in [0, 0.05) is 69.9 Å². The molecule has 8 nitrogen and oxygen atoms in total. The second kappa shape index (κ2) is 17.6. The van der Waals surface area contributed by atoms with Crippen molar-refractivity contribution in [3.8, 4) is 5.75 Å². The largest absolute Gasteiger partial charge is 0.508 e. The molecule has 2 heterocycles. The van der Waals surface area contributed by atoms with Gasteiger partial charge in [0.25, 0.3) is 5.91 Å². The van der Waals surface area contributed by atoms with Crippen molar-refractivity contribution in [1.29, 1.82) is 0 Å². The summed E-state index contributed by atoms with van der Waals surface area (Å²) in [6, 6.07) is 26.9. The van der Waals surface area contributed by atoms with Gasteiger partial charge in [-0.3, -0.25) is 24.3 Å². The molecule has 1 amide bonds. The topological polar surface area (TPSA) is 76.6 Å². The number of piperazine rings is 2. The fourth-order valence-electron chi connectivity index (χ4n) is 7.28. The van der Waals surface area contributed by atoms with E-state index in [0.717, 1.165) is 94.7 Å². The number of hydrogen-bond donors (Lipinski definition) is 1. The molecule has 2 aliphatic heterocycles. The average Bonchev–Trinajstić information content (AvgIpc) is 3.09. The third kappa shape index (κ3) is 9.68. The van der Waals surface area contributed by atoms with Gasteiger partial charge in [-0.15, -0.1) is 0 Å². The van der Waals surface area contributed by atoms with Crippen molar-refractivity contribution in [2.45, 2.75) is 77.5 Å². The highest BCUT2D eigenvalue weighted by atomic mass is 16.5. The Morgan fingerprint density at radius 3 is 2.25 bits per heavy atom. The molecule has 0 spiro atoms. The normalized spacial score (nSPS) is 20.0. The molecule has 3 aromatic carbocycles. The van der Waals surface area contributed by atoms with E-state index >= 15 is 0 Å². The van der Waals surface area contributed by atoms with Gasteiger partial charge in [0.1, 0.15) is 5.75 Å². The van der Waals surface area contributed by atoms with Gasteiger partial charge in [0.2, 0.25) is 0 Å². The first-order valence-electron chi connectivity index (χ1n) is 17.9. The smallest absolute Gasteiger partial charge is 0.305 e.